The molecule has 2 aromatic heterocycles. The Balaban J connectivity index is 1.42. The van der Waals surface area contributed by atoms with Crippen molar-refractivity contribution in [1.29, 1.82) is 0 Å². The zero-order valence-electron chi connectivity index (χ0n) is 21.6. The van der Waals surface area contributed by atoms with Gasteiger partial charge in [-0.1, -0.05) is 0 Å². The predicted molar refractivity (Wildman–Crippen MR) is 140 cm³/mol. The van der Waals surface area contributed by atoms with Crippen LogP contribution < -0.4 is 29.6 Å². The van der Waals surface area contributed by atoms with E-state index in [0.29, 0.717) is 41.6 Å². The number of aromatic nitrogens is 2. The molecule has 1 saturated carbocycles. The number of amides is 1. The van der Waals surface area contributed by atoms with Crippen LogP contribution in [0.4, 0.5) is 18.9 Å². The fourth-order valence-corrected chi connectivity index (χ4v) is 3.84. The summed E-state index contributed by atoms with van der Waals surface area (Å²) in [4.78, 5) is 20.9. The van der Waals surface area contributed by atoms with E-state index >= 15 is 13.2 Å². The van der Waals surface area contributed by atoms with Crippen LogP contribution in [0, 0.1) is 17.5 Å². The second-order valence-electron chi connectivity index (χ2n) is 8.89. The van der Waals surface area contributed by atoms with Crippen molar-refractivity contribution in [1.82, 2.24) is 15.3 Å². The second-order valence-corrected chi connectivity index (χ2v) is 8.89. The first-order chi connectivity index (χ1) is 19.4. The number of ether oxygens (including phenoxy) is 4. The summed E-state index contributed by atoms with van der Waals surface area (Å²) in [5.74, 6) is -5.20. The van der Waals surface area contributed by atoms with Crippen LogP contribution in [0.25, 0.3) is 10.9 Å². The van der Waals surface area contributed by atoms with Crippen molar-refractivity contribution in [3.63, 3.8) is 0 Å². The number of hydrogen-bond acceptors (Lipinski definition) is 8. The number of rotatable bonds is 11. The summed E-state index contributed by atoms with van der Waals surface area (Å²) in [5.41, 5.74) is -0.316. The third-order valence-electron chi connectivity index (χ3n) is 6.02. The number of fused-ring (bicyclic) bond motifs is 1. The summed E-state index contributed by atoms with van der Waals surface area (Å²) >= 11 is 0. The van der Waals surface area contributed by atoms with Crippen LogP contribution >= 0.6 is 0 Å². The smallest absolute Gasteiger partial charge is 0.261 e. The molecule has 40 heavy (non-hydrogen) atoms. The Labute approximate surface area is 227 Å². The molecule has 208 valence electrons. The van der Waals surface area contributed by atoms with Crippen molar-refractivity contribution in [2.75, 3.05) is 32.6 Å². The highest BCUT2D eigenvalue weighted by atomic mass is 19.2. The number of hydrogen-bond donors (Lipinski definition) is 2. The number of likely N-dealkylation sites (N-methyl/N-ethyl adjacent to an activating group) is 1. The molecule has 0 aliphatic heterocycles. The van der Waals surface area contributed by atoms with Gasteiger partial charge >= 0.3 is 0 Å². The van der Waals surface area contributed by atoms with Gasteiger partial charge in [0, 0.05) is 42.7 Å². The molecule has 2 aromatic carbocycles. The molecule has 1 amide bonds. The third kappa shape index (κ3) is 5.71. The number of carbonyl (C=O) groups is 1. The first-order valence-electron chi connectivity index (χ1n) is 12.4. The van der Waals surface area contributed by atoms with Crippen LogP contribution in [-0.2, 0) is 0 Å². The van der Waals surface area contributed by atoms with Crippen molar-refractivity contribution in [3.05, 3.63) is 71.9 Å². The highest BCUT2D eigenvalue weighted by molar-refractivity contribution is 6.06. The van der Waals surface area contributed by atoms with Crippen LogP contribution in [0.15, 0.2) is 48.9 Å². The van der Waals surface area contributed by atoms with Crippen LogP contribution in [0.5, 0.6) is 28.7 Å². The molecule has 0 radical (unpaired) electrons. The number of pyridine rings is 2. The van der Waals surface area contributed by atoms with Crippen molar-refractivity contribution in [2.24, 2.45) is 0 Å². The summed E-state index contributed by atoms with van der Waals surface area (Å²) in [5, 5.41) is 5.50. The second kappa shape index (κ2) is 11.7. The number of methoxy groups -OCH3 is 1. The Morgan fingerprint density at radius 2 is 1.82 bits per heavy atom. The maximum Gasteiger partial charge on any atom is 0.261 e. The monoisotopic (exact) mass is 554 g/mol. The summed E-state index contributed by atoms with van der Waals surface area (Å²) in [6.07, 6.45) is 5.73. The lowest BCUT2D eigenvalue weighted by Gasteiger charge is -2.15. The number of halogens is 3. The molecular formula is C28H25F3N4O5. The van der Waals surface area contributed by atoms with Gasteiger partial charge in [0.2, 0.25) is 11.6 Å². The number of benzene rings is 2. The number of nitrogens with one attached hydrogen (secondary N) is 2. The van der Waals surface area contributed by atoms with E-state index in [0.717, 1.165) is 12.8 Å². The van der Waals surface area contributed by atoms with E-state index in [9.17, 15) is 4.79 Å². The van der Waals surface area contributed by atoms with E-state index < -0.39 is 34.8 Å². The average Bonchev–Trinajstić information content (AvgIpc) is 3.78. The molecule has 5 rings (SSSR count). The van der Waals surface area contributed by atoms with Gasteiger partial charge < -0.3 is 29.6 Å². The van der Waals surface area contributed by atoms with Crippen molar-refractivity contribution in [2.45, 2.75) is 18.9 Å². The standard InChI is InChI=1S/C28H25F3N4O5/c1-32-9-10-38-24-13-19-16(11-23(24)37-2)21(6-8-34-19)40-27-18(29)12-20(25(30)26(27)31)35-28(36)17-14-33-7-5-22(17)39-15-3-4-15/h5-8,11-15,32H,3-4,9-10H2,1-2H3,(H,35,36). The molecule has 0 spiro atoms. The molecule has 0 atom stereocenters. The first kappa shape index (κ1) is 27.0. The molecular weight excluding hydrogens is 529 g/mol. The molecule has 9 nitrogen and oxygen atoms in total. The maximum absolute atomic E-state index is 15.1. The van der Waals surface area contributed by atoms with Gasteiger partial charge in [0.05, 0.1) is 30.0 Å². The summed E-state index contributed by atoms with van der Waals surface area (Å²) < 4.78 is 67.5. The van der Waals surface area contributed by atoms with Crippen LogP contribution in [0.2, 0.25) is 0 Å². The SMILES string of the molecule is CNCCOc1cc2nccc(Oc3c(F)cc(NC(=O)c4cnccc4OC4CC4)c(F)c3F)c2cc1OC. The summed E-state index contributed by atoms with van der Waals surface area (Å²) in [6, 6.07) is 6.65. The molecule has 0 saturated heterocycles. The predicted octanol–water partition coefficient (Wildman–Crippen LogP) is 5.24. The van der Waals surface area contributed by atoms with E-state index in [4.69, 9.17) is 18.9 Å². The van der Waals surface area contributed by atoms with Gasteiger partial charge in [0.15, 0.2) is 23.1 Å². The largest absolute Gasteiger partial charge is 0.493 e. The molecule has 12 heteroatoms. The Hall–Kier alpha value is -4.58. The molecule has 1 aliphatic carbocycles. The highest BCUT2D eigenvalue weighted by Crippen LogP contribution is 2.39. The number of anilines is 1. The van der Waals surface area contributed by atoms with Crippen LogP contribution in [0.3, 0.4) is 0 Å². The summed E-state index contributed by atoms with van der Waals surface area (Å²) in [6.45, 7) is 0.957. The Bertz CT molecular complexity index is 1570. The van der Waals surface area contributed by atoms with Gasteiger partial charge in [-0.3, -0.25) is 14.8 Å². The highest BCUT2D eigenvalue weighted by Gasteiger charge is 2.27. The van der Waals surface area contributed by atoms with Gasteiger partial charge in [-0.25, -0.2) is 8.78 Å². The molecule has 0 unspecified atom stereocenters. The normalized spacial score (nSPS) is 12.7. The van der Waals surface area contributed by atoms with Gasteiger partial charge in [-0.05, 0) is 38.1 Å². The van der Waals surface area contributed by atoms with Gasteiger partial charge in [-0.2, -0.15) is 4.39 Å². The Morgan fingerprint density at radius 1 is 1.02 bits per heavy atom. The molecule has 1 aliphatic rings. The fraction of sp³-hybridized carbons (Fsp3) is 0.250. The van der Waals surface area contributed by atoms with Crippen molar-refractivity contribution in [3.8, 4) is 28.7 Å². The minimum atomic E-state index is -1.63. The minimum absolute atomic E-state index is 0.00134. The number of carbonyl (C=O) groups excluding carboxylic acids is 1. The van der Waals surface area contributed by atoms with Crippen LogP contribution in [0.1, 0.15) is 23.2 Å². The van der Waals surface area contributed by atoms with Crippen LogP contribution in [-0.4, -0.2) is 49.3 Å². The third-order valence-corrected chi connectivity index (χ3v) is 6.02. The average molecular weight is 555 g/mol. The van der Waals surface area contributed by atoms with E-state index in [1.807, 2.05) is 0 Å². The number of nitrogens with zero attached hydrogens (tertiary/aromatic N) is 2. The van der Waals surface area contributed by atoms with Gasteiger partial charge in [0.25, 0.3) is 5.91 Å². The van der Waals surface area contributed by atoms with E-state index in [1.54, 1.807) is 19.2 Å². The zero-order valence-corrected chi connectivity index (χ0v) is 21.6. The Morgan fingerprint density at radius 3 is 2.58 bits per heavy atom. The van der Waals surface area contributed by atoms with E-state index in [1.165, 1.54) is 37.8 Å². The molecule has 2 N–H and O–H groups in total. The summed E-state index contributed by atoms with van der Waals surface area (Å²) in [7, 11) is 3.23. The van der Waals surface area contributed by atoms with Crippen molar-refractivity contribution < 1.29 is 36.9 Å². The zero-order chi connectivity index (χ0) is 28.2. The van der Waals surface area contributed by atoms with E-state index in [2.05, 4.69) is 20.6 Å². The minimum Gasteiger partial charge on any atom is -0.493 e. The molecule has 4 aromatic rings. The van der Waals surface area contributed by atoms with Gasteiger partial charge in [0.1, 0.15) is 18.1 Å². The molecule has 1 fully saturated rings. The lowest BCUT2D eigenvalue weighted by atomic mass is 10.1. The first-order valence-corrected chi connectivity index (χ1v) is 12.4. The molecule has 2 heterocycles. The Kier molecular flexibility index (Phi) is 7.87. The van der Waals surface area contributed by atoms with E-state index in [-0.39, 0.29) is 23.2 Å². The van der Waals surface area contributed by atoms with Crippen molar-refractivity contribution >= 4 is 22.5 Å². The van der Waals surface area contributed by atoms with Gasteiger partial charge in [-0.15, -0.1) is 0 Å². The quantitative estimate of drug-likeness (QED) is 0.192. The maximum atomic E-state index is 15.1. The topological polar surface area (TPSA) is 104 Å². The lowest BCUT2D eigenvalue weighted by Crippen LogP contribution is -2.16. The fourth-order valence-electron chi connectivity index (χ4n) is 3.84. The lowest BCUT2D eigenvalue weighted by molar-refractivity contribution is 0.102. The molecule has 0 bridgehead atoms.